The van der Waals surface area contributed by atoms with Gasteiger partial charge in [0.2, 0.25) is 0 Å². The van der Waals surface area contributed by atoms with Crippen molar-refractivity contribution >= 4 is 21.7 Å². The van der Waals surface area contributed by atoms with Crippen LogP contribution in [-0.4, -0.2) is 22.6 Å². The number of aliphatic hydroxyl groups excluding tert-OH is 1. The molecule has 0 radical (unpaired) electrons. The van der Waals surface area contributed by atoms with Crippen molar-refractivity contribution in [2.75, 3.05) is 6.61 Å². The third-order valence-corrected chi connectivity index (χ3v) is 2.05. The molecule has 0 saturated heterocycles. The first kappa shape index (κ1) is 9.22. The number of halogens is 1. The number of Topliss-reactive ketones (excluding diaryl/α,β-unsaturated/α-hetero) is 1. The molecule has 0 aliphatic rings. The molecule has 0 aromatic heterocycles. The molecule has 64 valence electrons. The van der Waals surface area contributed by atoms with Crippen LogP contribution in [0.2, 0.25) is 0 Å². The number of rotatable bonds is 2. The topological polar surface area (TPSA) is 57.5 Å². The molecule has 0 saturated carbocycles. The number of aromatic hydroxyl groups is 1. The second kappa shape index (κ2) is 3.69. The summed E-state index contributed by atoms with van der Waals surface area (Å²) in [6.45, 7) is -0.517. The molecule has 0 fully saturated rings. The molecule has 2 N–H and O–H groups in total. The number of benzene rings is 1. The first-order valence-electron chi connectivity index (χ1n) is 3.27. The van der Waals surface area contributed by atoms with E-state index in [1.807, 2.05) is 0 Å². The molecule has 0 bridgehead atoms. The Morgan fingerprint density at radius 3 is 2.67 bits per heavy atom. The Morgan fingerprint density at radius 2 is 2.17 bits per heavy atom. The van der Waals surface area contributed by atoms with Gasteiger partial charge in [-0.25, -0.2) is 0 Å². The molecule has 0 heterocycles. The summed E-state index contributed by atoms with van der Waals surface area (Å²) in [7, 11) is 0. The molecule has 1 aromatic rings. The molecular formula is C8H7BrO3. The molecule has 0 aliphatic carbocycles. The maximum atomic E-state index is 10.9. The van der Waals surface area contributed by atoms with Crippen molar-refractivity contribution in [3.63, 3.8) is 0 Å². The second-order valence-corrected chi connectivity index (χ2v) is 3.10. The Labute approximate surface area is 77.8 Å². The van der Waals surface area contributed by atoms with Crippen LogP contribution in [-0.2, 0) is 0 Å². The number of carbonyl (C=O) groups excluding carboxylic acids is 1. The van der Waals surface area contributed by atoms with Crippen LogP contribution in [0, 0.1) is 0 Å². The van der Waals surface area contributed by atoms with E-state index in [0.717, 1.165) is 0 Å². The first-order valence-corrected chi connectivity index (χ1v) is 4.07. The molecule has 1 aromatic carbocycles. The molecule has 0 atom stereocenters. The lowest BCUT2D eigenvalue weighted by Gasteiger charge is -1.99. The minimum Gasteiger partial charge on any atom is -0.507 e. The maximum Gasteiger partial charge on any atom is 0.188 e. The number of aliphatic hydroxyl groups is 1. The van der Waals surface area contributed by atoms with Gasteiger partial charge in [-0.2, -0.15) is 0 Å². The van der Waals surface area contributed by atoms with E-state index in [1.54, 1.807) is 0 Å². The van der Waals surface area contributed by atoms with Gasteiger partial charge < -0.3 is 10.2 Å². The van der Waals surface area contributed by atoms with E-state index in [9.17, 15) is 4.79 Å². The Hall–Kier alpha value is -0.870. The van der Waals surface area contributed by atoms with Crippen LogP contribution in [0.5, 0.6) is 5.75 Å². The van der Waals surface area contributed by atoms with Gasteiger partial charge in [0.05, 0.1) is 4.47 Å². The number of ketones is 1. The predicted octanol–water partition coefficient (Wildman–Crippen LogP) is 1.33. The van der Waals surface area contributed by atoms with Gasteiger partial charge in [-0.3, -0.25) is 4.79 Å². The fraction of sp³-hybridized carbons (Fsp3) is 0.125. The summed E-state index contributed by atoms with van der Waals surface area (Å²) in [6.07, 6.45) is 0. The van der Waals surface area contributed by atoms with Gasteiger partial charge in [-0.15, -0.1) is 0 Å². The minimum atomic E-state index is -0.517. The summed E-state index contributed by atoms with van der Waals surface area (Å²) >= 11 is 3.06. The number of hydrogen-bond donors (Lipinski definition) is 2. The average molecular weight is 231 g/mol. The largest absolute Gasteiger partial charge is 0.507 e. The molecule has 0 amide bonds. The Morgan fingerprint density at radius 1 is 1.50 bits per heavy atom. The monoisotopic (exact) mass is 230 g/mol. The van der Waals surface area contributed by atoms with Crippen molar-refractivity contribution in [2.45, 2.75) is 0 Å². The SMILES string of the molecule is O=C(CO)c1ccc(O)c(Br)c1. The zero-order chi connectivity index (χ0) is 9.14. The van der Waals surface area contributed by atoms with E-state index in [1.165, 1.54) is 18.2 Å². The summed E-state index contributed by atoms with van der Waals surface area (Å²) < 4.78 is 0.446. The lowest BCUT2D eigenvalue weighted by molar-refractivity contribution is 0.0903. The van der Waals surface area contributed by atoms with Crippen molar-refractivity contribution in [3.05, 3.63) is 28.2 Å². The molecule has 0 aliphatic heterocycles. The van der Waals surface area contributed by atoms with Crippen LogP contribution in [0.1, 0.15) is 10.4 Å². The number of hydrogen-bond acceptors (Lipinski definition) is 3. The van der Waals surface area contributed by atoms with Crippen molar-refractivity contribution in [1.82, 2.24) is 0 Å². The van der Waals surface area contributed by atoms with Crippen molar-refractivity contribution < 1.29 is 15.0 Å². The van der Waals surface area contributed by atoms with Gasteiger partial charge in [0.1, 0.15) is 12.4 Å². The van der Waals surface area contributed by atoms with E-state index < -0.39 is 6.61 Å². The van der Waals surface area contributed by atoms with Crippen LogP contribution >= 0.6 is 15.9 Å². The quantitative estimate of drug-likeness (QED) is 0.755. The summed E-state index contributed by atoms with van der Waals surface area (Å²) in [5, 5.41) is 17.6. The summed E-state index contributed by atoms with van der Waals surface area (Å²) in [5.41, 5.74) is 0.377. The molecule has 0 spiro atoms. The van der Waals surface area contributed by atoms with Gasteiger partial charge in [0, 0.05) is 5.56 Å². The second-order valence-electron chi connectivity index (χ2n) is 2.25. The highest BCUT2D eigenvalue weighted by Gasteiger charge is 2.05. The van der Waals surface area contributed by atoms with Crippen LogP contribution < -0.4 is 0 Å². The fourth-order valence-electron chi connectivity index (χ4n) is 0.772. The Kier molecular flexibility index (Phi) is 2.83. The molecule has 3 nitrogen and oxygen atoms in total. The standard InChI is InChI=1S/C8H7BrO3/c9-6-3-5(8(12)4-10)1-2-7(6)11/h1-3,10-11H,4H2. The molecule has 0 unspecified atom stereocenters. The van der Waals surface area contributed by atoms with E-state index in [4.69, 9.17) is 10.2 Å². The average Bonchev–Trinajstić information content (AvgIpc) is 2.08. The fourth-order valence-corrected chi connectivity index (χ4v) is 1.15. The molecule has 1 rings (SSSR count). The Balaban J connectivity index is 3.05. The van der Waals surface area contributed by atoms with E-state index in [0.29, 0.717) is 10.0 Å². The van der Waals surface area contributed by atoms with Crippen molar-refractivity contribution in [2.24, 2.45) is 0 Å². The van der Waals surface area contributed by atoms with Gasteiger partial charge in [0.15, 0.2) is 5.78 Å². The van der Waals surface area contributed by atoms with Gasteiger partial charge >= 0.3 is 0 Å². The normalized spacial score (nSPS) is 9.83. The summed E-state index contributed by atoms with van der Waals surface area (Å²) in [5.74, 6) is -0.291. The zero-order valence-electron chi connectivity index (χ0n) is 6.12. The van der Waals surface area contributed by atoms with E-state index in [2.05, 4.69) is 15.9 Å². The highest BCUT2D eigenvalue weighted by molar-refractivity contribution is 9.10. The highest BCUT2D eigenvalue weighted by atomic mass is 79.9. The lowest BCUT2D eigenvalue weighted by atomic mass is 10.1. The number of carbonyl (C=O) groups is 1. The smallest absolute Gasteiger partial charge is 0.188 e. The number of phenolic OH excluding ortho intramolecular Hbond substituents is 1. The summed E-state index contributed by atoms with van der Waals surface area (Å²) in [4.78, 5) is 10.9. The van der Waals surface area contributed by atoms with Crippen molar-refractivity contribution in [1.29, 1.82) is 0 Å². The lowest BCUT2D eigenvalue weighted by Crippen LogP contribution is -2.03. The third kappa shape index (κ3) is 1.84. The van der Waals surface area contributed by atoms with Gasteiger partial charge in [0.25, 0.3) is 0 Å². The summed E-state index contributed by atoms with van der Waals surface area (Å²) in [6, 6.07) is 4.32. The van der Waals surface area contributed by atoms with Crippen LogP contribution in [0.3, 0.4) is 0 Å². The van der Waals surface area contributed by atoms with Crippen LogP contribution in [0.15, 0.2) is 22.7 Å². The maximum absolute atomic E-state index is 10.9. The third-order valence-electron chi connectivity index (χ3n) is 1.41. The highest BCUT2D eigenvalue weighted by Crippen LogP contribution is 2.24. The van der Waals surface area contributed by atoms with Crippen LogP contribution in [0.4, 0.5) is 0 Å². The Bertz CT molecular complexity index is 309. The number of phenols is 1. The van der Waals surface area contributed by atoms with E-state index in [-0.39, 0.29) is 11.5 Å². The minimum absolute atomic E-state index is 0.0736. The van der Waals surface area contributed by atoms with Gasteiger partial charge in [-0.1, -0.05) is 0 Å². The zero-order valence-corrected chi connectivity index (χ0v) is 7.71. The molecular weight excluding hydrogens is 224 g/mol. The van der Waals surface area contributed by atoms with E-state index >= 15 is 0 Å². The van der Waals surface area contributed by atoms with Crippen LogP contribution in [0.25, 0.3) is 0 Å². The molecule has 12 heavy (non-hydrogen) atoms. The van der Waals surface area contributed by atoms with Gasteiger partial charge in [-0.05, 0) is 34.1 Å². The predicted molar refractivity (Wildman–Crippen MR) is 47.2 cm³/mol. The molecule has 4 heteroatoms. The first-order chi connectivity index (χ1) is 5.65. The van der Waals surface area contributed by atoms with Crippen molar-refractivity contribution in [3.8, 4) is 5.75 Å².